The SMILES string of the molecule is CC(C)(C)C(CC(=O)C(=O)O)c1ccccc1. The van der Waals surface area contributed by atoms with E-state index in [9.17, 15) is 9.59 Å². The van der Waals surface area contributed by atoms with Crippen LogP contribution < -0.4 is 0 Å². The molecule has 3 nitrogen and oxygen atoms in total. The van der Waals surface area contributed by atoms with Crippen molar-refractivity contribution in [2.75, 3.05) is 0 Å². The Balaban J connectivity index is 2.98. The monoisotopic (exact) mass is 234 g/mol. The molecule has 1 N–H and O–H groups in total. The average Bonchev–Trinajstić information content (AvgIpc) is 2.25. The van der Waals surface area contributed by atoms with E-state index in [2.05, 4.69) is 0 Å². The largest absolute Gasteiger partial charge is 0.476 e. The van der Waals surface area contributed by atoms with E-state index in [0.717, 1.165) is 5.56 Å². The molecule has 92 valence electrons. The first-order chi connectivity index (χ1) is 7.82. The fourth-order valence-corrected chi connectivity index (χ4v) is 1.88. The number of ketones is 1. The molecule has 1 atom stereocenters. The minimum atomic E-state index is -1.35. The maximum atomic E-state index is 11.4. The van der Waals surface area contributed by atoms with Gasteiger partial charge in [-0.1, -0.05) is 51.1 Å². The fraction of sp³-hybridized carbons (Fsp3) is 0.429. The van der Waals surface area contributed by atoms with Crippen molar-refractivity contribution in [2.45, 2.75) is 33.1 Å². The van der Waals surface area contributed by atoms with E-state index in [1.54, 1.807) is 0 Å². The van der Waals surface area contributed by atoms with Crippen LogP contribution in [0.2, 0.25) is 0 Å². The van der Waals surface area contributed by atoms with Crippen molar-refractivity contribution in [3.63, 3.8) is 0 Å². The molecule has 0 heterocycles. The van der Waals surface area contributed by atoms with Crippen molar-refractivity contribution in [1.82, 2.24) is 0 Å². The number of carbonyl (C=O) groups excluding carboxylic acids is 1. The third-order valence-corrected chi connectivity index (χ3v) is 2.88. The number of rotatable bonds is 4. The molecule has 17 heavy (non-hydrogen) atoms. The summed E-state index contributed by atoms with van der Waals surface area (Å²) in [6, 6.07) is 9.58. The molecule has 0 aliphatic carbocycles. The summed E-state index contributed by atoms with van der Waals surface area (Å²) in [7, 11) is 0. The molecule has 0 aromatic heterocycles. The molecule has 0 saturated heterocycles. The number of carboxylic acid groups (broad SMARTS) is 1. The Morgan fingerprint density at radius 3 is 2.12 bits per heavy atom. The summed E-state index contributed by atoms with van der Waals surface area (Å²) in [6.07, 6.45) is 0.0445. The number of hydrogen-bond donors (Lipinski definition) is 1. The Morgan fingerprint density at radius 1 is 1.18 bits per heavy atom. The lowest BCUT2D eigenvalue weighted by atomic mass is 9.74. The van der Waals surface area contributed by atoms with Gasteiger partial charge in [0.25, 0.3) is 0 Å². The normalized spacial score (nSPS) is 13.1. The second-order valence-corrected chi connectivity index (χ2v) is 5.26. The van der Waals surface area contributed by atoms with Crippen LogP contribution in [0.1, 0.15) is 38.7 Å². The number of aliphatic carboxylic acids is 1. The lowest BCUT2D eigenvalue weighted by Crippen LogP contribution is -2.24. The molecule has 1 unspecified atom stereocenters. The van der Waals surface area contributed by atoms with Crippen LogP contribution in [0.5, 0.6) is 0 Å². The van der Waals surface area contributed by atoms with Gasteiger partial charge in [0.15, 0.2) is 0 Å². The summed E-state index contributed by atoms with van der Waals surface area (Å²) in [6.45, 7) is 6.04. The van der Waals surface area contributed by atoms with E-state index in [1.165, 1.54) is 0 Å². The van der Waals surface area contributed by atoms with Gasteiger partial charge in [-0.15, -0.1) is 0 Å². The highest BCUT2D eigenvalue weighted by atomic mass is 16.4. The molecule has 0 aliphatic heterocycles. The minimum Gasteiger partial charge on any atom is -0.476 e. The van der Waals surface area contributed by atoms with E-state index in [1.807, 2.05) is 51.1 Å². The highest BCUT2D eigenvalue weighted by molar-refractivity contribution is 6.32. The Bertz CT molecular complexity index is 401. The molecule has 3 heteroatoms. The quantitative estimate of drug-likeness (QED) is 0.815. The highest BCUT2D eigenvalue weighted by Crippen LogP contribution is 2.37. The predicted molar refractivity (Wildman–Crippen MR) is 65.9 cm³/mol. The molecular weight excluding hydrogens is 216 g/mol. The molecule has 1 aromatic rings. The van der Waals surface area contributed by atoms with Crippen LogP contribution in [0.3, 0.4) is 0 Å². The van der Waals surface area contributed by atoms with E-state index in [0.29, 0.717) is 0 Å². The maximum Gasteiger partial charge on any atom is 0.372 e. The van der Waals surface area contributed by atoms with Crippen LogP contribution in [-0.4, -0.2) is 16.9 Å². The number of carbonyl (C=O) groups is 2. The first-order valence-electron chi connectivity index (χ1n) is 5.63. The smallest absolute Gasteiger partial charge is 0.372 e. The molecule has 0 aliphatic rings. The van der Waals surface area contributed by atoms with Crippen LogP contribution in [-0.2, 0) is 9.59 Å². The van der Waals surface area contributed by atoms with E-state index < -0.39 is 11.8 Å². The van der Waals surface area contributed by atoms with Crippen molar-refractivity contribution in [2.24, 2.45) is 5.41 Å². The highest BCUT2D eigenvalue weighted by Gasteiger charge is 2.30. The molecule has 0 fully saturated rings. The number of carboxylic acids is 1. The van der Waals surface area contributed by atoms with Crippen molar-refractivity contribution < 1.29 is 14.7 Å². The van der Waals surface area contributed by atoms with Gasteiger partial charge in [0.05, 0.1) is 0 Å². The fourth-order valence-electron chi connectivity index (χ4n) is 1.88. The summed E-state index contributed by atoms with van der Waals surface area (Å²) in [5.41, 5.74) is 0.863. The zero-order valence-electron chi connectivity index (χ0n) is 10.4. The van der Waals surface area contributed by atoms with Crippen molar-refractivity contribution in [3.05, 3.63) is 35.9 Å². The Labute approximate surface area is 101 Å². The maximum absolute atomic E-state index is 11.4. The lowest BCUT2D eigenvalue weighted by Gasteiger charge is -2.30. The third kappa shape index (κ3) is 3.70. The van der Waals surface area contributed by atoms with Crippen LogP contribution in [0.4, 0.5) is 0 Å². The predicted octanol–water partition coefficient (Wildman–Crippen LogP) is 2.86. The first kappa shape index (κ1) is 13.4. The van der Waals surface area contributed by atoms with Gasteiger partial charge in [-0.2, -0.15) is 0 Å². The van der Waals surface area contributed by atoms with Crippen LogP contribution >= 0.6 is 0 Å². The lowest BCUT2D eigenvalue weighted by molar-refractivity contribution is -0.149. The van der Waals surface area contributed by atoms with Gasteiger partial charge in [-0.05, 0) is 16.9 Å². The minimum absolute atomic E-state index is 0.0445. The van der Waals surface area contributed by atoms with Gasteiger partial charge in [0, 0.05) is 6.42 Å². The Morgan fingerprint density at radius 2 is 1.71 bits per heavy atom. The van der Waals surface area contributed by atoms with Crippen LogP contribution in [0.25, 0.3) is 0 Å². The Hall–Kier alpha value is -1.64. The van der Waals surface area contributed by atoms with Crippen LogP contribution in [0.15, 0.2) is 30.3 Å². The number of Topliss-reactive ketones (excluding diaryl/α,β-unsaturated/α-hetero) is 1. The summed E-state index contributed by atoms with van der Waals surface area (Å²) >= 11 is 0. The molecule has 0 amide bonds. The van der Waals surface area contributed by atoms with Gasteiger partial charge in [0.2, 0.25) is 5.78 Å². The van der Waals surface area contributed by atoms with E-state index in [-0.39, 0.29) is 17.8 Å². The van der Waals surface area contributed by atoms with Gasteiger partial charge in [0.1, 0.15) is 0 Å². The summed E-state index contributed by atoms with van der Waals surface area (Å²) in [5.74, 6) is -2.16. The van der Waals surface area contributed by atoms with E-state index >= 15 is 0 Å². The zero-order chi connectivity index (χ0) is 13.1. The summed E-state index contributed by atoms with van der Waals surface area (Å²) in [5, 5.41) is 8.69. The average molecular weight is 234 g/mol. The topological polar surface area (TPSA) is 54.4 Å². The summed E-state index contributed by atoms with van der Waals surface area (Å²) < 4.78 is 0. The second kappa shape index (κ2) is 5.13. The molecule has 0 radical (unpaired) electrons. The molecule has 1 rings (SSSR count). The van der Waals surface area contributed by atoms with Crippen molar-refractivity contribution in [1.29, 1.82) is 0 Å². The summed E-state index contributed by atoms with van der Waals surface area (Å²) in [4.78, 5) is 22.0. The van der Waals surface area contributed by atoms with Crippen molar-refractivity contribution >= 4 is 11.8 Å². The molecule has 0 bridgehead atoms. The molecule has 1 aromatic carbocycles. The van der Waals surface area contributed by atoms with E-state index in [4.69, 9.17) is 5.11 Å². The van der Waals surface area contributed by atoms with Gasteiger partial charge >= 0.3 is 5.97 Å². The second-order valence-electron chi connectivity index (χ2n) is 5.26. The standard InChI is InChI=1S/C14H18O3/c1-14(2,3)11(9-12(15)13(16)17)10-7-5-4-6-8-10/h4-8,11H,9H2,1-3H3,(H,16,17). The third-order valence-electron chi connectivity index (χ3n) is 2.88. The van der Waals surface area contributed by atoms with Gasteiger partial charge < -0.3 is 5.11 Å². The number of hydrogen-bond acceptors (Lipinski definition) is 2. The zero-order valence-corrected chi connectivity index (χ0v) is 10.4. The molecule has 0 saturated carbocycles. The Kier molecular flexibility index (Phi) is 4.05. The molecular formula is C14H18O3. The molecule has 0 spiro atoms. The van der Waals surface area contributed by atoms with Crippen LogP contribution in [0, 0.1) is 5.41 Å². The number of benzene rings is 1. The first-order valence-corrected chi connectivity index (χ1v) is 5.63. The van der Waals surface area contributed by atoms with Gasteiger partial charge in [-0.25, -0.2) is 4.79 Å². The van der Waals surface area contributed by atoms with Gasteiger partial charge in [-0.3, -0.25) is 4.79 Å². The van der Waals surface area contributed by atoms with Crippen molar-refractivity contribution in [3.8, 4) is 0 Å².